The van der Waals surface area contributed by atoms with E-state index in [0.29, 0.717) is 26.1 Å². The summed E-state index contributed by atoms with van der Waals surface area (Å²) in [5, 5.41) is 3.04. The second kappa shape index (κ2) is 8.65. The van der Waals surface area contributed by atoms with Gasteiger partial charge in [-0.15, -0.1) is 0 Å². The number of carbonyl (C=O) groups is 2. The average molecular weight is 350 g/mol. The van der Waals surface area contributed by atoms with E-state index in [-0.39, 0.29) is 23.7 Å². The number of rotatable bonds is 7. The first kappa shape index (κ1) is 18.2. The van der Waals surface area contributed by atoms with E-state index in [2.05, 4.69) is 29.6 Å². The zero-order chi connectivity index (χ0) is 18.4. The van der Waals surface area contributed by atoms with Gasteiger partial charge in [-0.2, -0.15) is 0 Å². The molecule has 1 N–H and O–H groups in total. The van der Waals surface area contributed by atoms with Crippen LogP contribution >= 0.6 is 0 Å². The van der Waals surface area contributed by atoms with Crippen LogP contribution in [0.3, 0.4) is 0 Å². The Balaban J connectivity index is 1.60. The number of benzene rings is 2. The number of nitrogens with zero attached hydrogens (tertiary/aromatic N) is 1. The summed E-state index contributed by atoms with van der Waals surface area (Å²) in [5.74, 6) is 0.109. The van der Waals surface area contributed by atoms with E-state index in [1.807, 2.05) is 43.3 Å². The van der Waals surface area contributed by atoms with Crippen molar-refractivity contribution in [1.29, 1.82) is 0 Å². The number of likely N-dealkylation sites (tertiary alicyclic amines) is 1. The normalized spacial score (nSPS) is 16.9. The standard InChI is InChI=1S/C22H26N2O2/c1-2-24-16-19(15-21(24)25)22(26)23-14-13-20(17-9-5-3-6-10-17)18-11-7-4-8-12-18/h3-12,19-20H,2,13-16H2,1H3,(H,23,26)/t19-/m1/s1. The van der Waals surface area contributed by atoms with Gasteiger partial charge in [-0.1, -0.05) is 60.7 Å². The van der Waals surface area contributed by atoms with Crippen LogP contribution in [-0.2, 0) is 9.59 Å². The van der Waals surface area contributed by atoms with Gasteiger partial charge in [0.15, 0.2) is 0 Å². The molecule has 1 aliphatic rings. The first-order chi connectivity index (χ1) is 12.7. The lowest BCUT2D eigenvalue weighted by Gasteiger charge is -2.19. The molecule has 1 atom stereocenters. The molecule has 2 aromatic rings. The molecule has 0 radical (unpaired) electrons. The number of hydrogen-bond donors (Lipinski definition) is 1. The van der Waals surface area contributed by atoms with Gasteiger partial charge in [-0.05, 0) is 24.5 Å². The van der Waals surface area contributed by atoms with Crippen LogP contribution < -0.4 is 5.32 Å². The van der Waals surface area contributed by atoms with Gasteiger partial charge in [0.2, 0.25) is 11.8 Å². The fourth-order valence-electron chi connectivity index (χ4n) is 3.63. The number of amides is 2. The van der Waals surface area contributed by atoms with E-state index in [1.54, 1.807) is 4.90 Å². The molecular formula is C22H26N2O2. The second-order valence-corrected chi connectivity index (χ2v) is 6.79. The lowest BCUT2D eigenvalue weighted by molar-refractivity contribution is -0.128. The van der Waals surface area contributed by atoms with E-state index >= 15 is 0 Å². The molecule has 1 aliphatic heterocycles. The molecule has 0 spiro atoms. The molecule has 0 bridgehead atoms. The Kier molecular flexibility index (Phi) is 6.05. The van der Waals surface area contributed by atoms with Crippen LogP contribution in [0.15, 0.2) is 60.7 Å². The highest BCUT2D eigenvalue weighted by Gasteiger charge is 2.33. The molecule has 1 saturated heterocycles. The van der Waals surface area contributed by atoms with Crippen molar-refractivity contribution in [3.63, 3.8) is 0 Å². The van der Waals surface area contributed by atoms with Gasteiger partial charge in [-0.25, -0.2) is 0 Å². The topological polar surface area (TPSA) is 49.4 Å². The summed E-state index contributed by atoms with van der Waals surface area (Å²) >= 11 is 0. The largest absolute Gasteiger partial charge is 0.356 e. The molecule has 2 amide bonds. The molecule has 4 nitrogen and oxygen atoms in total. The van der Waals surface area contributed by atoms with Crippen LogP contribution in [-0.4, -0.2) is 36.3 Å². The summed E-state index contributed by atoms with van der Waals surface area (Å²) in [6, 6.07) is 20.8. The van der Waals surface area contributed by atoms with Crippen LogP contribution in [0.1, 0.15) is 36.8 Å². The van der Waals surface area contributed by atoms with E-state index in [9.17, 15) is 9.59 Å². The SMILES string of the molecule is CCN1C[C@H](C(=O)NCCC(c2ccccc2)c2ccccc2)CC1=O. The summed E-state index contributed by atoms with van der Waals surface area (Å²) in [6.07, 6.45) is 1.17. The predicted octanol–water partition coefficient (Wildman–Crippen LogP) is 3.19. The minimum atomic E-state index is -0.214. The zero-order valence-electron chi connectivity index (χ0n) is 15.2. The van der Waals surface area contributed by atoms with E-state index in [1.165, 1.54) is 11.1 Å². The fourth-order valence-corrected chi connectivity index (χ4v) is 3.63. The smallest absolute Gasteiger partial charge is 0.225 e. The molecular weight excluding hydrogens is 324 g/mol. The minimum absolute atomic E-state index is 0.00540. The van der Waals surface area contributed by atoms with Gasteiger partial charge in [0.05, 0.1) is 5.92 Å². The quantitative estimate of drug-likeness (QED) is 0.834. The van der Waals surface area contributed by atoms with Crippen molar-refractivity contribution in [2.24, 2.45) is 5.92 Å². The van der Waals surface area contributed by atoms with Crippen LogP contribution in [0, 0.1) is 5.92 Å². The molecule has 2 aromatic carbocycles. The van der Waals surface area contributed by atoms with E-state index < -0.39 is 0 Å². The van der Waals surface area contributed by atoms with Crippen LogP contribution in [0.25, 0.3) is 0 Å². The molecule has 3 rings (SSSR count). The van der Waals surface area contributed by atoms with E-state index in [4.69, 9.17) is 0 Å². The fraction of sp³-hybridized carbons (Fsp3) is 0.364. The Labute approximate surface area is 155 Å². The highest BCUT2D eigenvalue weighted by atomic mass is 16.2. The van der Waals surface area contributed by atoms with Gasteiger partial charge >= 0.3 is 0 Å². The monoisotopic (exact) mass is 350 g/mol. The number of hydrogen-bond acceptors (Lipinski definition) is 2. The maximum absolute atomic E-state index is 12.4. The third-order valence-corrected chi connectivity index (χ3v) is 5.10. The molecule has 26 heavy (non-hydrogen) atoms. The van der Waals surface area contributed by atoms with Crippen molar-refractivity contribution in [3.05, 3.63) is 71.8 Å². The molecule has 0 aromatic heterocycles. The molecule has 136 valence electrons. The average Bonchev–Trinajstić information content (AvgIpc) is 3.07. The zero-order valence-corrected chi connectivity index (χ0v) is 15.2. The number of nitrogens with one attached hydrogen (secondary N) is 1. The Hall–Kier alpha value is -2.62. The predicted molar refractivity (Wildman–Crippen MR) is 103 cm³/mol. The van der Waals surface area contributed by atoms with Gasteiger partial charge in [0, 0.05) is 32.0 Å². The van der Waals surface area contributed by atoms with Crippen LogP contribution in [0.2, 0.25) is 0 Å². The summed E-state index contributed by atoms with van der Waals surface area (Å²) in [5.41, 5.74) is 2.50. The summed E-state index contributed by atoms with van der Waals surface area (Å²) in [7, 11) is 0. The Morgan fingerprint density at radius 1 is 1.08 bits per heavy atom. The highest BCUT2D eigenvalue weighted by molar-refractivity contribution is 5.89. The number of carbonyl (C=O) groups excluding carboxylic acids is 2. The highest BCUT2D eigenvalue weighted by Crippen LogP contribution is 2.27. The first-order valence-electron chi connectivity index (χ1n) is 9.34. The second-order valence-electron chi connectivity index (χ2n) is 6.79. The maximum Gasteiger partial charge on any atom is 0.225 e. The van der Waals surface area contributed by atoms with Crippen molar-refractivity contribution in [2.75, 3.05) is 19.6 Å². The summed E-state index contributed by atoms with van der Waals surface area (Å²) < 4.78 is 0. The minimum Gasteiger partial charge on any atom is -0.356 e. The maximum atomic E-state index is 12.4. The van der Waals surface area contributed by atoms with Crippen molar-refractivity contribution < 1.29 is 9.59 Å². The van der Waals surface area contributed by atoms with Crippen LogP contribution in [0.5, 0.6) is 0 Å². The Morgan fingerprint density at radius 3 is 2.15 bits per heavy atom. The van der Waals surface area contributed by atoms with Crippen LogP contribution in [0.4, 0.5) is 0 Å². The lowest BCUT2D eigenvalue weighted by atomic mass is 9.88. The third kappa shape index (κ3) is 4.31. The van der Waals surface area contributed by atoms with Gasteiger partial charge in [0.25, 0.3) is 0 Å². The van der Waals surface area contributed by atoms with Gasteiger partial charge in [0.1, 0.15) is 0 Å². The Morgan fingerprint density at radius 2 is 1.65 bits per heavy atom. The lowest BCUT2D eigenvalue weighted by Crippen LogP contribution is -2.34. The van der Waals surface area contributed by atoms with Crippen molar-refractivity contribution in [1.82, 2.24) is 10.2 Å². The molecule has 0 unspecified atom stereocenters. The third-order valence-electron chi connectivity index (χ3n) is 5.10. The van der Waals surface area contributed by atoms with Crippen molar-refractivity contribution >= 4 is 11.8 Å². The molecule has 1 heterocycles. The molecule has 4 heteroatoms. The van der Waals surface area contributed by atoms with E-state index in [0.717, 1.165) is 6.42 Å². The van der Waals surface area contributed by atoms with Crippen molar-refractivity contribution in [3.8, 4) is 0 Å². The summed E-state index contributed by atoms with van der Waals surface area (Å²) in [6.45, 7) is 3.77. The van der Waals surface area contributed by atoms with Crippen molar-refractivity contribution in [2.45, 2.75) is 25.7 Å². The first-order valence-corrected chi connectivity index (χ1v) is 9.34. The van der Waals surface area contributed by atoms with Gasteiger partial charge < -0.3 is 10.2 Å². The molecule has 0 saturated carbocycles. The summed E-state index contributed by atoms with van der Waals surface area (Å²) in [4.78, 5) is 26.0. The van der Waals surface area contributed by atoms with Gasteiger partial charge in [-0.3, -0.25) is 9.59 Å². The molecule has 1 fully saturated rings. The Bertz CT molecular complexity index is 691. The molecule has 0 aliphatic carbocycles.